The Hall–Kier alpha value is -2.60. The Bertz CT molecular complexity index is 881. The smallest absolute Gasteiger partial charge is 0.266 e. The molecule has 2 N–H and O–H groups in total. The van der Waals surface area contributed by atoms with Crippen LogP contribution < -0.4 is 5.73 Å². The van der Waals surface area contributed by atoms with E-state index >= 15 is 0 Å². The van der Waals surface area contributed by atoms with Gasteiger partial charge >= 0.3 is 0 Å². The normalized spacial score (nSPS) is 19.4. The summed E-state index contributed by atoms with van der Waals surface area (Å²) in [5, 5.41) is 0.793. The lowest BCUT2D eigenvalue weighted by Gasteiger charge is -2.26. The topological polar surface area (TPSA) is 71.6 Å². The molecule has 0 atom stereocenters. The second kappa shape index (κ2) is 9.55. The van der Waals surface area contributed by atoms with E-state index in [-0.39, 0.29) is 5.91 Å². The molecular weight excluding hydrogens is 368 g/mol. The first-order valence-corrected chi connectivity index (χ1v) is 10.4. The van der Waals surface area contributed by atoms with Crippen molar-refractivity contribution in [2.24, 2.45) is 10.7 Å². The lowest BCUT2D eigenvalue weighted by atomic mass is 10.1. The number of hydrogen-bond donors (Lipinski definition) is 1. The summed E-state index contributed by atoms with van der Waals surface area (Å²) in [6.45, 7) is 5.20. The minimum Gasteiger partial charge on any atom is -0.397 e. The van der Waals surface area contributed by atoms with Crippen molar-refractivity contribution in [2.75, 3.05) is 6.54 Å². The van der Waals surface area contributed by atoms with E-state index in [1.54, 1.807) is 12.4 Å². The molecule has 0 spiro atoms. The first-order valence-electron chi connectivity index (χ1n) is 9.61. The van der Waals surface area contributed by atoms with Crippen LogP contribution in [0.2, 0.25) is 0 Å². The average molecular weight is 395 g/mol. The van der Waals surface area contributed by atoms with Crippen molar-refractivity contribution >= 4 is 22.7 Å². The molecule has 1 aromatic rings. The van der Waals surface area contributed by atoms with Crippen molar-refractivity contribution in [3.05, 3.63) is 76.3 Å². The van der Waals surface area contributed by atoms with Gasteiger partial charge in [-0.3, -0.25) is 14.8 Å². The predicted molar refractivity (Wildman–Crippen MR) is 116 cm³/mol. The van der Waals surface area contributed by atoms with E-state index in [0.717, 1.165) is 41.1 Å². The maximum Gasteiger partial charge on any atom is 0.266 e. The summed E-state index contributed by atoms with van der Waals surface area (Å²) in [4.78, 5) is 24.6. The summed E-state index contributed by atoms with van der Waals surface area (Å²) in [6, 6.07) is 3.88. The third kappa shape index (κ3) is 4.44. The summed E-state index contributed by atoms with van der Waals surface area (Å²) in [5.41, 5.74) is 9.81. The highest BCUT2D eigenvalue weighted by Crippen LogP contribution is 2.38. The highest BCUT2D eigenvalue weighted by atomic mass is 32.2. The van der Waals surface area contributed by atoms with Crippen LogP contribution >= 0.6 is 11.8 Å². The highest BCUT2D eigenvalue weighted by Gasteiger charge is 2.32. The lowest BCUT2D eigenvalue weighted by Crippen LogP contribution is -2.32. The van der Waals surface area contributed by atoms with E-state index < -0.39 is 0 Å². The average Bonchev–Trinajstić information content (AvgIpc) is 3.06. The second-order valence-electron chi connectivity index (χ2n) is 6.61. The van der Waals surface area contributed by atoms with Crippen molar-refractivity contribution in [2.45, 2.75) is 39.7 Å². The van der Waals surface area contributed by atoms with E-state index in [4.69, 9.17) is 10.7 Å². The van der Waals surface area contributed by atoms with Crippen LogP contribution in [0.4, 0.5) is 0 Å². The number of rotatable bonds is 6. The predicted octanol–water partition coefficient (Wildman–Crippen LogP) is 4.32. The number of pyridine rings is 1. The van der Waals surface area contributed by atoms with E-state index in [9.17, 15) is 4.79 Å². The molecule has 0 radical (unpaired) electrons. The highest BCUT2D eigenvalue weighted by molar-refractivity contribution is 8.19. The Balaban J connectivity index is 1.84. The van der Waals surface area contributed by atoms with Crippen LogP contribution in [0.1, 0.15) is 38.7 Å². The van der Waals surface area contributed by atoms with Crippen molar-refractivity contribution in [3.8, 4) is 0 Å². The molecule has 0 fully saturated rings. The van der Waals surface area contributed by atoms with Crippen molar-refractivity contribution in [1.82, 2.24) is 9.88 Å². The van der Waals surface area contributed by atoms with Gasteiger partial charge in [-0.15, -0.1) is 0 Å². The molecule has 28 heavy (non-hydrogen) atoms. The molecule has 0 aromatic carbocycles. The van der Waals surface area contributed by atoms with Gasteiger partial charge in [-0.1, -0.05) is 43.0 Å². The fourth-order valence-electron chi connectivity index (χ4n) is 3.19. The molecule has 1 aromatic heterocycles. The number of nitrogens with zero attached hydrogens (tertiary/aromatic N) is 3. The largest absolute Gasteiger partial charge is 0.397 e. The Kier molecular flexibility index (Phi) is 6.87. The molecule has 2 heterocycles. The Morgan fingerprint density at radius 2 is 2.32 bits per heavy atom. The van der Waals surface area contributed by atoms with Crippen LogP contribution in [0, 0.1) is 0 Å². The monoisotopic (exact) mass is 394 g/mol. The fourth-order valence-corrected chi connectivity index (χ4v) is 4.27. The Morgan fingerprint density at radius 1 is 1.46 bits per heavy atom. The van der Waals surface area contributed by atoms with E-state index in [2.05, 4.69) is 18.0 Å². The van der Waals surface area contributed by atoms with Gasteiger partial charge in [-0.25, -0.2) is 0 Å². The van der Waals surface area contributed by atoms with Gasteiger partial charge in [0.25, 0.3) is 5.91 Å². The summed E-state index contributed by atoms with van der Waals surface area (Å²) >= 11 is 1.38. The number of allylic oxidation sites excluding steroid dienone is 6. The van der Waals surface area contributed by atoms with Crippen LogP contribution in [-0.4, -0.2) is 27.4 Å². The minimum absolute atomic E-state index is 0.0307. The molecule has 1 amide bonds. The van der Waals surface area contributed by atoms with Crippen LogP contribution in [0.25, 0.3) is 0 Å². The molecule has 0 unspecified atom stereocenters. The molecule has 1 aliphatic heterocycles. The maximum absolute atomic E-state index is 13.3. The van der Waals surface area contributed by atoms with E-state index in [1.807, 2.05) is 42.2 Å². The van der Waals surface area contributed by atoms with Gasteiger partial charge in [0.05, 0.1) is 12.2 Å². The first kappa shape index (κ1) is 20.1. The van der Waals surface area contributed by atoms with Gasteiger partial charge in [0.1, 0.15) is 9.95 Å². The zero-order valence-electron chi connectivity index (χ0n) is 16.4. The second-order valence-corrected chi connectivity index (χ2v) is 7.61. The molecule has 1 aliphatic carbocycles. The van der Waals surface area contributed by atoms with Crippen LogP contribution in [0.5, 0.6) is 0 Å². The fraction of sp³-hybridized carbons (Fsp3) is 0.318. The number of thioether (sulfide) groups is 1. The van der Waals surface area contributed by atoms with E-state index in [0.29, 0.717) is 23.7 Å². The zero-order chi connectivity index (χ0) is 19.9. The summed E-state index contributed by atoms with van der Waals surface area (Å²) in [6.07, 6.45) is 14.4. The molecule has 3 rings (SSSR count). The quantitative estimate of drug-likeness (QED) is 0.780. The zero-order valence-corrected chi connectivity index (χ0v) is 17.2. The minimum atomic E-state index is -0.0307. The van der Waals surface area contributed by atoms with Gasteiger partial charge in [0, 0.05) is 30.2 Å². The SMILES string of the molecule is C/C=C1\C(=NCc2cccnc2)SC(C(=O)N(CCC)C2=CC=CCC2)=C1N. The van der Waals surface area contributed by atoms with E-state index in [1.165, 1.54) is 11.8 Å². The molecule has 0 bridgehead atoms. The molecule has 6 heteroatoms. The Morgan fingerprint density at radius 3 is 2.96 bits per heavy atom. The molecule has 0 saturated carbocycles. The molecular formula is C22H26N4OS. The molecule has 0 saturated heterocycles. The number of nitrogens with two attached hydrogens (primary N) is 1. The number of aromatic nitrogens is 1. The number of amides is 1. The van der Waals surface area contributed by atoms with Gasteiger partial charge in [0.15, 0.2) is 0 Å². The standard InChI is InChI=1S/C22H26N4OS/c1-3-13-26(17-10-6-5-7-11-17)22(27)20-19(23)18(4-2)21(28-20)25-15-16-9-8-12-24-14-16/h4-6,8-10,12,14H,3,7,11,13,15,23H2,1-2H3/b18-4-,25-21?. The Labute approximate surface area is 170 Å². The lowest BCUT2D eigenvalue weighted by molar-refractivity contribution is -0.124. The van der Waals surface area contributed by atoms with Gasteiger partial charge in [-0.2, -0.15) is 0 Å². The number of carbonyl (C=O) groups is 1. The third-order valence-corrected chi connectivity index (χ3v) is 5.75. The maximum atomic E-state index is 13.3. The van der Waals surface area contributed by atoms with Crippen LogP contribution in [0.3, 0.4) is 0 Å². The molecule has 146 valence electrons. The van der Waals surface area contributed by atoms with Crippen molar-refractivity contribution in [3.63, 3.8) is 0 Å². The summed E-state index contributed by atoms with van der Waals surface area (Å²) in [5.74, 6) is -0.0307. The summed E-state index contributed by atoms with van der Waals surface area (Å²) < 4.78 is 0. The van der Waals surface area contributed by atoms with Crippen molar-refractivity contribution in [1.29, 1.82) is 0 Å². The van der Waals surface area contributed by atoms with Crippen LogP contribution in [-0.2, 0) is 11.3 Å². The number of carbonyl (C=O) groups excluding carboxylic acids is 1. The van der Waals surface area contributed by atoms with Crippen molar-refractivity contribution < 1.29 is 4.79 Å². The van der Waals surface area contributed by atoms with Gasteiger partial charge < -0.3 is 10.6 Å². The number of aliphatic imine (C=N–C) groups is 1. The molecule has 2 aliphatic rings. The third-order valence-electron chi connectivity index (χ3n) is 4.61. The summed E-state index contributed by atoms with van der Waals surface area (Å²) in [7, 11) is 0. The van der Waals surface area contributed by atoms with Gasteiger partial charge in [-0.05, 0) is 43.9 Å². The molecule has 5 nitrogen and oxygen atoms in total. The first-order chi connectivity index (χ1) is 13.7. The van der Waals surface area contributed by atoms with Crippen LogP contribution in [0.15, 0.2) is 75.7 Å². The van der Waals surface area contributed by atoms with Gasteiger partial charge in [0.2, 0.25) is 0 Å². The number of hydrogen-bond acceptors (Lipinski definition) is 5.